The van der Waals surface area contributed by atoms with E-state index >= 15 is 0 Å². The number of rotatable bonds is 1. The standard InChI is InChI=1S/C9H9FN2/c1-6(2)7-3-8(10)9(4-11)12-5-7/h3,5-6H,1-2H3. The fraction of sp³-hybridized carbons (Fsp3) is 0.333. The fourth-order valence-corrected chi connectivity index (χ4v) is 0.851. The molecule has 2 nitrogen and oxygen atoms in total. The van der Waals surface area contributed by atoms with Gasteiger partial charge >= 0.3 is 0 Å². The van der Waals surface area contributed by atoms with Gasteiger partial charge in [0.2, 0.25) is 0 Å². The molecule has 0 aliphatic rings. The maximum atomic E-state index is 12.9. The van der Waals surface area contributed by atoms with Crippen LogP contribution in [-0.4, -0.2) is 4.98 Å². The molecule has 0 aliphatic carbocycles. The second-order valence-corrected chi connectivity index (χ2v) is 2.87. The van der Waals surface area contributed by atoms with Crippen LogP contribution >= 0.6 is 0 Å². The summed E-state index contributed by atoms with van der Waals surface area (Å²) in [5.41, 5.74) is 0.672. The average molecular weight is 164 g/mol. The molecule has 3 heteroatoms. The summed E-state index contributed by atoms with van der Waals surface area (Å²) in [6.45, 7) is 3.89. The highest BCUT2D eigenvalue weighted by Gasteiger charge is 2.05. The summed E-state index contributed by atoms with van der Waals surface area (Å²) in [6.07, 6.45) is 1.53. The van der Waals surface area contributed by atoms with Crippen LogP contribution in [0.15, 0.2) is 12.3 Å². The van der Waals surface area contributed by atoms with Crippen LogP contribution in [0, 0.1) is 17.1 Å². The molecule has 0 aromatic carbocycles. The molecule has 1 heterocycles. The summed E-state index contributed by atoms with van der Waals surface area (Å²) < 4.78 is 12.9. The first kappa shape index (κ1) is 8.66. The Hall–Kier alpha value is -1.43. The SMILES string of the molecule is CC(C)c1cnc(C#N)c(F)c1. The molecule has 12 heavy (non-hydrogen) atoms. The molecule has 1 aromatic rings. The molecule has 1 rings (SSSR count). The Balaban J connectivity index is 3.12. The smallest absolute Gasteiger partial charge is 0.176 e. The van der Waals surface area contributed by atoms with Gasteiger partial charge in [0.25, 0.3) is 0 Å². The molecule has 1 aromatic heterocycles. The first-order valence-corrected chi connectivity index (χ1v) is 3.70. The number of pyridine rings is 1. The minimum absolute atomic E-state index is 0.139. The Bertz CT molecular complexity index is 326. The monoisotopic (exact) mass is 164 g/mol. The first-order chi connectivity index (χ1) is 5.65. The molecule has 0 N–H and O–H groups in total. The van der Waals surface area contributed by atoms with Crippen LogP contribution in [0.5, 0.6) is 0 Å². The van der Waals surface area contributed by atoms with Crippen LogP contribution in [0.1, 0.15) is 31.0 Å². The number of nitriles is 1. The number of hydrogen-bond acceptors (Lipinski definition) is 2. The van der Waals surface area contributed by atoms with Gasteiger partial charge in [0.05, 0.1) is 0 Å². The Morgan fingerprint density at radius 1 is 1.58 bits per heavy atom. The number of halogens is 1. The van der Waals surface area contributed by atoms with Crippen molar-refractivity contribution in [1.29, 1.82) is 5.26 Å². The van der Waals surface area contributed by atoms with Crippen molar-refractivity contribution in [2.75, 3.05) is 0 Å². The van der Waals surface area contributed by atoms with E-state index in [1.165, 1.54) is 12.3 Å². The lowest BCUT2D eigenvalue weighted by Crippen LogP contribution is -1.94. The third-order valence-electron chi connectivity index (χ3n) is 1.63. The molecule has 0 saturated carbocycles. The van der Waals surface area contributed by atoms with Crippen LogP contribution in [0.3, 0.4) is 0 Å². The Morgan fingerprint density at radius 2 is 2.25 bits per heavy atom. The lowest BCUT2D eigenvalue weighted by molar-refractivity contribution is 0.611. The largest absolute Gasteiger partial charge is 0.242 e. The predicted molar refractivity (Wildman–Crippen MR) is 43.0 cm³/mol. The molecule has 0 unspecified atom stereocenters. The molecular weight excluding hydrogens is 155 g/mol. The number of aromatic nitrogens is 1. The molecule has 0 amide bonds. The minimum atomic E-state index is -0.538. The third kappa shape index (κ3) is 1.59. The van der Waals surface area contributed by atoms with E-state index in [0.29, 0.717) is 0 Å². The molecule has 0 bridgehead atoms. The van der Waals surface area contributed by atoms with Gasteiger partial charge in [-0.2, -0.15) is 5.26 Å². The summed E-state index contributed by atoms with van der Waals surface area (Å²) in [7, 11) is 0. The van der Waals surface area contributed by atoms with Crippen LogP contribution in [-0.2, 0) is 0 Å². The summed E-state index contributed by atoms with van der Waals surface area (Å²) >= 11 is 0. The van der Waals surface area contributed by atoms with Crippen molar-refractivity contribution in [3.8, 4) is 6.07 Å². The zero-order chi connectivity index (χ0) is 9.14. The summed E-state index contributed by atoms with van der Waals surface area (Å²) in [4.78, 5) is 3.68. The maximum absolute atomic E-state index is 12.9. The van der Waals surface area contributed by atoms with Crippen LogP contribution in [0.25, 0.3) is 0 Å². The van der Waals surface area contributed by atoms with Gasteiger partial charge in [-0.1, -0.05) is 13.8 Å². The molecule has 0 atom stereocenters. The van der Waals surface area contributed by atoms with Crippen molar-refractivity contribution in [2.45, 2.75) is 19.8 Å². The second kappa shape index (κ2) is 3.31. The van der Waals surface area contributed by atoms with E-state index in [9.17, 15) is 4.39 Å². The van der Waals surface area contributed by atoms with Crippen LogP contribution in [0.2, 0.25) is 0 Å². The van der Waals surface area contributed by atoms with Gasteiger partial charge in [0.1, 0.15) is 6.07 Å². The molecule has 0 fully saturated rings. The second-order valence-electron chi connectivity index (χ2n) is 2.87. The van der Waals surface area contributed by atoms with Crippen LogP contribution in [0.4, 0.5) is 4.39 Å². The molecule has 62 valence electrons. The molecule has 0 spiro atoms. The van der Waals surface area contributed by atoms with Gasteiger partial charge in [0.15, 0.2) is 11.5 Å². The normalized spacial score (nSPS) is 9.92. The van der Waals surface area contributed by atoms with Crippen molar-refractivity contribution in [3.63, 3.8) is 0 Å². The summed E-state index contributed by atoms with van der Waals surface area (Å²) in [5, 5.41) is 8.40. The lowest BCUT2D eigenvalue weighted by Gasteiger charge is -2.03. The third-order valence-corrected chi connectivity index (χ3v) is 1.63. The molecule has 0 saturated heterocycles. The van der Waals surface area contributed by atoms with E-state index in [0.717, 1.165) is 5.56 Å². The zero-order valence-corrected chi connectivity index (χ0v) is 7.00. The Labute approximate surface area is 70.7 Å². The molecule has 0 aliphatic heterocycles. The van der Waals surface area contributed by atoms with E-state index in [1.54, 1.807) is 6.07 Å². The van der Waals surface area contributed by atoms with Crippen molar-refractivity contribution < 1.29 is 4.39 Å². The van der Waals surface area contributed by atoms with E-state index < -0.39 is 5.82 Å². The predicted octanol–water partition coefficient (Wildman–Crippen LogP) is 2.22. The topological polar surface area (TPSA) is 36.7 Å². The Morgan fingerprint density at radius 3 is 2.67 bits per heavy atom. The molecular formula is C9H9FN2. The highest BCUT2D eigenvalue weighted by Crippen LogP contribution is 2.14. The number of nitrogens with zero attached hydrogens (tertiary/aromatic N) is 2. The van der Waals surface area contributed by atoms with Gasteiger partial charge < -0.3 is 0 Å². The lowest BCUT2D eigenvalue weighted by atomic mass is 10.1. The van der Waals surface area contributed by atoms with Crippen molar-refractivity contribution in [2.24, 2.45) is 0 Å². The van der Waals surface area contributed by atoms with Gasteiger partial charge in [-0.15, -0.1) is 0 Å². The van der Waals surface area contributed by atoms with Gasteiger partial charge in [0, 0.05) is 6.20 Å². The maximum Gasteiger partial charge on any atom is 0.176 e. The summed E-state index contributed by atoms with van der Waals surface area (Å²) in [5.74, 6) is -0.302. The summed E-state index contributed by atoms with van der Waals surface area (Å²) in [6, 6.07) is 3.03. The Kier molecular flexibility index (Phi) is 2.39. The van der Waals surface area contributed by atoms with Gasteiger partial charge in [-0.05, 0) is 17.5 Å². The highest BCUT2D eigenvalue weighted by atomic mass is 19.1. The minimum Gasteiger partial charge on any atom is -0.242 e. The van der Waals surface area contributed by atoms with E-state index in [2.05, 4.69) is 4.98 Å². The van der Waals surface area contributed by atoms with Crippen molar-refractivity contribution >= 4 is 0 Å². The van der Waals surface area contributed by atoms with Gasteiger partial charge in [-0.3, -0.25) is 0 Å². The first-order valence-electron chi connectivity index (χ1n) is 3.70. The van der Waals surface area contributed by atoms with Crippen molar-refractivity contribution in [3.05, 3.63) is 29.3 Å². The van der Waals surface area contributed by atoms with Crippen LogP contribution < -0.4 is 0 Å². The fourth-order valence-electron chi connectivity index (χ4n) is 0.851. The van der Waals surface area contributed by atoms with Gasteiger partial charge in [-0.25, -0.2) is 9.37 Å². The van der Waals surface area contributed by atoms with E-state index in [4.69, 9.17) is 5.26 Å². The molecule has 0 radical (unpaired) electrons. The average Bonchev–Trinajstić information content (AvgIpc) is 2.04. The number of hydrogen-bond donors (Lipinski definition) is 0. The zero-order valence-electron chi connectivity index (χ0n) is 7.00. The van der Waals surface area contributed by atoms with Crippen molar-refractivity contribution in [1.82, 2.24) is 4.98 Å². The van der Waals surface area contributed by atoms with E-state index in [-0.39, 0.29) is 11.6 Å². The quantitative estimate of drug-likeness (QED) is 0.638. The highest BCUT2D eigenvalue weighted by molar-refractivity contribution is 5.26. The van der Waals surface area contributed by atoms with E-state index in [1.807, 2.05) is 13.8 Å².